The number of nitrogens with zero attached hydrogens (tertiary/aromatic N) is 6. The van der Waals surface area contributed by atoms with Gasteiger partial charge in [-0.25, -0.2) is 4.68 Å². The molecule has 3 fully saturated rings. The summed E-state index contributed by atoms with van der Waals surface area (Å²) >= 11 is 3.76. The topological polar surface area (TPSA) is 147 Å². The van der Waals surface area contributed by atoms with Crippen LogP contribution in [0.3, 0.4) is 0 Å². The standard InChI is InChI=1S/C40H49BrN6O7/c1-5-7-20-31(49)44(4)26(3)34(27-16-10-8-11-17-27)53-39(52)32-33-37(50)46(22-14-9-15-23-48)36(40(33)24-28(41)35(32)54-40)38(51)45(21-6-2)25-47-30-19-13-12-18-29(30)42-43-47/h5-6,8,10-13,16-19,26,28,32-36,48H,1-2,7,9,14-15,20-25H2,3-4H3/t26-,28?,32-,33+,34+,35-,36-,40+/m1/s1. The van der Waals surface area contributed by atoms with Gasteiger partial charge in [-0.05, 0) is 56.7 Å². The highest BCUT2D eigenvalue weighted by molar-refractivity contribution is 9.09. The van der Waals surface area contributed by atoms with Crippen molar-refractivity contribution in [3.8, 4) is 0 Å². The summed E-state index contributed by atoms with van der Waals surface area (Å²) in [6, 6.07) is 15.1. The number of unbranched alkanes of at least 4 members (excludes halogenated alkanes) is 2. The maximum Gasteiger partial charge on any atom is 0.313 e. The number of amides is 3. The van der Waals surface area contributed by atoms with Gasteiger partial charge in [0, 0.05) is 38.0 Å². The van der Waals surface area contributed by atoms with E-state index in [4.69, 9.17) is 9.47 Å². The van der Waals surface area contributed by atoms with E-state index in [1.165, 1.54) is 0 Å². The number of likely N-dealkylation sites (tertiary alicyclic amines) is 1. The molecule has 1 aromatic heterocycles. The fraction of sp³-hybridized carbons (Fsp3) is 0.500. The number of aromatic nitrogens is 3. The van der Waals surface area contributed by atoms with Crippen LogP contribution >= 0.6 is 15.9 Å². The van der Waals surface area contributed by atoms with E-state index in [-0.39, 0.29) is 55.3 Å². The molecule has 1 N–H and O–H groups in total. The molecule has 2 aromatic carbocycles. The molecule has 3 saturated heterocycles. The maximum atomic E-state index is 14.9. The molecule has 8 atom stereocenters. The summed E-state index contributed by atoms with van der Waals surface area (Å²) in [5, 5.41) is 18.0. The molecule has 6 rings (SSSR count). The zero-order chi connectivity index (χ0) is 38.6. The molecule has 3 aromatic rings. The Bertz CT molecular complexity index is 1860. The van der Waals surface area contributed by atoms with E-state index in [1.807, 2.05) is 61.5 Å². The second kappa shape index (κ2) is 17.0. The summed E-state index contributed by atoms with van der Waals surface area (Å²) in [7, 11) is 1.69. The molecule has 1 unspecified atom stereocenters. The van der Waals surface area contributed by atoms with Crippen LogP contribution in [0.15, 0.2) is 79.9 Å². The zero-order valence-corrected chi connectivity index (χ0v) is 32.4. The molecule has 0 saturated carbocycles. The Balaban J connectivity index is 1.33. The lowest BCUT2D eigenvalue weighted by atomic mass is 9.70. The maximum absolute atomic E-state index is 14.9. The van der Waals surface area contributed by atoms with Crippen LogP contribution in [0, 0.1) is 11.8 Å². The van der Waals surface area contributed by atoms with Crippen LogP contribution in [0.1, 0.15) is 57.1 Å². The fourth-order valence-electron chi connectivity index (χ4n) is 8.34. The predicted octanol–water partition coefficient (Wildman–Crippen LogP) is 4.41. The zero-order valence-electron chi connectivity index (χ0n) is 30.8. The number of hydrogen-bond acceptors (Lipinski definition) is 9. The Morgan fingerprint density at radius 1 is 1.11 bits per heavy atom. The molecule has 14 heteroatoms. The van der Waals surface area contributed by atoms with Gasteiger partial charge in [-0.3, -0.25) is 19.2 Å². The first-order valence-corrected chi connectivity index (χ1v) is 19.5. The van der Waals surface area contributed by atoms with Crippen molar-refractivity contribution in [2.75, 3.05) is 26.7 Å². The number of aliphatic hydroxyl groups is 1. The SMILES string of the molecule is C=CCCC(=O)N(C)[C@H](C)[C@H](OC(=O)[C@H]1[C@@H]2O[C@@]3(CC2Br)[C@@H]1C(=O)N(CCCCCO)[C@@H]3C(=O)N(CC=C)Cn1nnc2ccccc21)c1ccccc1. The van der Waals surface area contributed by atoms with Gasteiger partial charge in [-0.15, -0.1) is 18.3 Å². The van der Waals surface area contributed by atoms with Gasteiger partial charge in [-0.1, -0.05) is 75.8 Å². The number of hydrogen-bond donors (Lipinski definition) is 1. The van der Waals surface area contributed by atoms with Crippen molar-refractivity contribution in [3.63, 3.8) is 0 Å². The molecule has 4 heterocycles. The normalized spacial score (nSPS) is 25.3. The van der Waals surface area contributed by atoms with Gasteiger partial charge in [0.2, 0.25) is 17.7 Å². The van der Waals surface area contributed by atoms with Gasteiger partial charge in [0.15, 0.2) is 0 Å². The molecule has 0 radical (unpaired) electrons. The molecule has 2 bridgehead atoms. The summed E-state index contributed by atoms with van der Waals surface area (Å²) in [4.78, 5) is 61.8. The van der Waals surface area contributed by atoms with E-state index < -0.39 is 47.7 Å². The lowest BCUT2D eigenvalue weighted by Gasteiger charge is -2.37. The highest BCUT2D eigenvalue weighted by atomic mass is 79.9. The first kappa shape index (κ1) is 39.3. The van der Waals surface area contributed by atoms with Crippen LogP contribution in [0.5, 0.6) is 0 Å². The molecule has 13 nitrogen and oxygen atoms in total. The summed E-state index contributed by atoms with van der Waals surface area (Å²) in [6.45, 7) is 9.93. The summed E-state index contributed by atoms with van der Waals surface area (Å²) < 4.78 is 14.8. The number of benzene rings is 2. The van der Waals surface area contributed by atoms with Crippen molar-refractivity contribution in [1.82, 2.24) is 29.7 Å². The molecule has 3 aliphatic heterocycles. The van der Waals surface area contributed by atoms with Crippen LogP contribution < -0.4 is 0 Å². The van der Waals surface area contributed by atoms with E-state index in [0.29, 0.717) is 43.2 Å². The van der Waals surface area contributed by atoms with Crippen molar-refractivity contribution in [1.29, 1.82) is 0 Å². The van der Waals surface area contributed by atoms with Crippen LogP contribution in [0.4, 0.5) is 0 Å². The number of halogens is 1. The van der Waals surface area contributed by atoms with Gasteiger partial charge in [0.25, 0.3) is 0 Å². The van der Waals surface area contributed by atoms with Crippen LogP contribution in [-0.2, 0) is 35.3 Å². The van der Waals surface area contributed by atoms with E-state index >= 15 is 0 Å². The number of likely N-dealkylation sites (N-methyl/N-ethyl adjacent to an activating group) is 1. The van der Waals surface area contributed by atoms with Gasteiger partial charge >= 0.3 is 5.97 Å². The number of allylic oxidation sites excluding steroid dienone is 1. The second-order valence-electron chi connectivity index (χ2n) is 14.4. The van der Waals surface area contributed by atoms with Gasteiger partial charge in [-0.2, -0.15) is 0 Å². The number of alkyl halides is 1. The first-order valence-electron chi connectivity index (χ1n) is 18.6. The molecule has 0 aliphatic carbocycles. The molecule has 54 heavy (non-hydrogen) atoms. The average molecular weight is 806 g/mol. The van der Waals surface area contributed by atoms with Crippen molar-refractivity contribution < 1.29 is 33.8 Å². The third kappa shape index (κ3) is 7.35. The number of ether oxygens (including phenoxy) is 2. The Labute approximate surface area is 324 Å². The Hall–Kier alpha value is -4.40. The lowest BCUT2D eigenvalue weighted by Crippen LogP contribution is -2.57. The third-order valence-electron chi connectivity index (χ3n) is 11.1. The second-order valence-corrected chi connectivity index (χ2v) is 15.6. The van der Waals surface area contributed by atoms with Crippen LogP contribution in [0.25, 0.3) is 11.0 Å². The van der Waals surface area contributed by atoms with Crippen molar-refractivity contribution in [2.45, 2.75) is 86.8 Å². The molecule has 3 amide bonds. The van der Waals surface area contributed by atoms with Gasteiger partial charge in [0.05, 0.1) is 29.5 Å². The van der Waals surface area contributed by atoms with Gasteiger partial charge in [0.1, 0.15) is 29.9 Å². The summed E-state index contributed by atoms with van der Waals surface area (Å²) in [5.74, 6) is -3.42. The average Bonchev–Trinajstić information content (AvgIpc) is 3.90. The number of esters is 1. The fourth-order valence-corrected chi connectivity index (χ4v) is 9.29. The Kier molecular flexibility index (Phi) is 12.3. The predicted molar refractivity (Wildman–Crippen MR) is 205 cm³/mol. The van der Waals surface area contributed by atoms with E-state index in [0.717, 1.165) is 5.52 Å². The number of fused-ring (bicyclic) bond motifs is 2. The van der Waals surface area contributed by atoms with Crippen molar-refractivity contribution in [3.05, 3.63) is 85.5 Å². The minimum Gasteiger partial charge on any atom is -0.455 e. The largest absolute Gasteiger partial charge is 0.455 e. The van der Waals surface area contributed by atoms with E-state index in [1.54, 1.807) is 38.6 Å². The first-order chi connectivity index (χ1) is 26.1. The quantitative estimate of drug-likeness (QED) is 0.0855. The molecule has 288 valence electrons. The minimum absolute atomic E-state index is 0.0157. The number of carbonyl (C=O) groups is 4. The molecular formula is C40H49BrN6O7. The molecular weight excluding hydrogens is 756 g/mol. The monoisotopic (exact) mass is 804 g/mol. The summed E-state index contributed by atoms with van der Waals surface area (Å²) in [6.07, 6.45) is 4.59. The number of para-hydroxylation sites is 1. The number of aliphatic hydroxyl groups excluding tert-OH is 1. The number of carbonyl (C=O) groups excluding carboxylic acids is 4. The Morgan fingerprint density at radius 3 is 2.57 bits per heavy atom. The molecule has 1 spiro atoms. The van der Waals surface area contributed by atoms with E-state index in [9.17, 15) is 24.3 Å². The van der Waals surface area contributed by atoms with E-state index in [2.05, 4.69) is 39.4 Å². The Morgan fingerprint density at radius 2 is 1.85 bits per heavy atom. The van der Waals surface area contributed by atoms with Crippen molar-refractivity contribution in [2.24, 2.45) is 11.8 Å². The highest BCUT2D eigenvalue weighted by Crippen LogP contribution is 2.60. The number of rotatable bonds is 18. The molecule has 3 aliphatic rings. The van der Waals surface area contributed by atoms with Crippen LogP contribution in [0.2, 0.25) is 0 Å². The summed E-state index contributed by atoms with van der Waals surface area (Å²) in [5.41, 5.74) is 0.812. The van der Waals surface area contributed by atoms with Crippen LogP contribution in [-0.4, -0.2) is 114 Å². The van der Waals surface area contributed by atoms with Crippen molar-refractivity contribution >= 4 is 50.7 Å². The smallest absolute Gasteiger partial charge is 0.313 e. The lowest BCUT2D eigenvalue weighted by molar-refractivity contribution is -0.164. The minimum atomic E-state index is -1.32. The van der Waals surface area contributed by atoms with Gasteiger partial charge < -0.3 is 29.3 Å². The highest BCUT2D eigenvalue weighted by Gasteiger charge is 2.77. The third-order valence-corrected chi connectivity index (χ3v) is 12.0.